The van der Waals surface area contributed by atoms with E-state index in [0.717, 1.165) is 19.0 Å². The molecular weight excluding hydrogens is 208 g/mol. The Morgan fingerprint density at radius 2 is 2.12 bits per heavy atom. The largest absolute Gasteiger partial charge is 0.313 e. The highest BCUT2D eigenvalue weighted by Crippen LogP contribution is 2.08. The number of allylic oxidation sites excluding steroid dienone is 3. The van der Waals surface area contributed by atoms with Crippen molar-refractivity contribution in [3.8, 4) is 0 Å². The van der Waals surface area contributed by atoms with Crippen molar-refractivity contribution >= 4 is 6.21 Å². The average Bonchev–Trinajstić information content (AvgIpc) is 2.31. The number of rotatable bonds is 9. The Kier molecular flexibility index (Phi) is 11.0. The number of unbranched alkanes of at least 4 members (excludes halogenated alkanes) is 1. The summed E-state index contributed by atoms with van der Waals surface area (Å²) in [6.07, 6.45) is 12.2. The van der Waals surface area contributed by atoms with Crippen LogP contribution in [0.5, 0.6) is 0 Å². The molecule has 1 N–H and O–H groups in total. The van der Waals surface area contributed by atoms with Gasteiger partial charge in [0, 0.05) is 19.8 Å². The highest BCUT2D eigenvalue weighted by atomic mass is 14.8. The molecule has 1 atom stereocenters. The van der Waals surface area contributed by atoms with Gasteiger partial charge in [0.1, 0.15) is 0 Å². The lowest BCUT2D eigenvalue weighted by atomic mass is 10.0. The van der Waals surface area contributed by atoms with E-state index in [0.29, 0.717) is 0 Å². The second-order valence-corrected chi connectivity index (χ2v) is 4.60. The van der Waals surface area contributed by atoms with Gasteiger partial charge in [0.25, 0.3) is 0 Å². The van der Waals surface area contributed by atoms with Gasteiger partial charge in [-0.15, -0.1) is 0 Å². The van der Waals surface area contributed by atoms with Crippen LogP contribution in [-0.4, -0.2) is 26.4 Å². The van der Waals surface area contributed by atoms with Crippen molar-refractivity contribution in [2.24, 2.45) is 10.9 Å². The van der Waals surface area contributed by atoms with Gasteiger partial charge in [-0.1, -0.05) is 31.1 Å². The zero-order valence-corrected chi connectivity index (χ0v) is 11.9. The van der Waals surface area contributed by atoms with Crippen molar-refractivity contribution in [3.63, 3.8) is 0 Å². The first-order valence-electron chi connectivity index (χ1n) is 6.62. The minimum Gasteiger partial charge on any atom is -0.313 e. The van der Waals surface area contributed by atoms with Gasteiger partial charge in [0.05, 0.1) is 0 Å². The molecule has 0 radical (unpaired) electrons. The van der Waals surface area contributed by atoms with Crippen molar-refractivity contribution < 1.29 is 0 Å². The molecule has 0 saturated carbocycles. The Hall–Kier alpha value is -0.890. The molecule has 0 amide bonds. The number of nitrogens with one attached hydrogen (secondary N) is 1. The molecule has 0 aromatic carbocycles. The second kappa shape index (κ2) is 11.6. The molecule has 0 aromatic heterocycles. The average molecular weight is 236 g/mol. The molecule has 0 fully saturated rings. The lowest BCUT2D eigenvalue weighted by molar-refractivity contribution is 0.560. The van der Waals surface area contributed by atoms with E-state index in [1.54, 1.807) is 7.05 Å². The minimum absolute atomic E-state index is 0.724. The van der Waals surface area contributed by atoms with E-state index in [2.05, 4.69) is 49.3 Å². The highest BCUT2D eigenvalue weighted by Gasteiger charge is 1.96. The molecule has 0 aliphatic carbocycles. The Balaban J connectivity index is 3.41. The predicted molar refractivity (Wildman–Crippen MR) is 78.9 cm³/mol. The molecule has 0 aliphatic heterocycles. The Labute approximate surface area is 107 Å². The van der Waals surface area contributed by atoms with E-state index in [1.165, 1.54) is 24.8 Å². The van der Waals surface area contributed by atoms with Crippen LogP contribution in [0.2, 0.25) is 0 Å². The van der Waals surface area contributed by atoms with E-state index >= 15 is 0 Å². The van der Waals surface area contributed by atoms with Gasteiger partial charge in [-0.25, -0.2) is 0 Å². The van der Waals surface area contributed by atoms with Gasteiger partial charge >= 0.3 is 0 Å². The molecule has 1 unspecified atom stereocenters. The topological polar surface area (TPSA) is 24.4 Å². The fourth-order valence-corrected chi connectivity index (χ4v) is 1.69. The first-order chi connectivity index (χ1) is 8.20. The van der Waals surface area contributed by atoms with Gasteiger partial charge in [-0.05, 0) is 45.2 Å². The van der Waals surface area contributed by atoms with Gasteiger partial charge in [0.2, 0.25) is 0 Å². The zero-order chi connectivity index (χ0) is 12.9. The van der Waals surface area contributed by atoms with E-state index < -0.39 is 0 Å². The lowest BCUT2D eigenvalue weighted by Gasteiger charge is -2.07. The van der Waals surface area contributed by atoms with Crippen LogP contribution in [0.15, 0.2) is 28.8 Å². The van der Waals surface area contributed by atoms with Crippen LogP contribution in [0.3, 0.4) is 0 Å². The third-order valence-corrected chi connectivity index (χ3v) is 2.70. The summed E-state index contributed by atoms with van der Waals surface area (Å²) in [5.41, 5.74) is 1.33. The standard InChI is InChI=1S/C15H28N2/c1-5-8-14(2)9-6-7-11-17-13-15(3)10-12-16-4/h5,8,10,12,14,17H,6-7,9,11,13H2,1-4H3/b8-5-,15-10+,16-12-. The number of aliphatic imine (C=N–C) groups is 1. The van der Waals surface area contributed by atoms with Gasteiger partial charge in [-0.2, -0.15) is 0 Å². The molecule has 17 heavy (non-hydrogen) atoms. The molecule has 2 heteroatoms. The molecule has 0 bridgehead atoms. The number of hydrogen-bond acceptors (Lipinski definition) is 2. The van der Waals surface area contributed by atoms with E-state index in [1.807, 2.05) is 6.21 Å². The van der Waals surface area contributed by atoms with Crippen LogP contribution in [0.1, 0.15) is 40.0 Å². The third-order valence-electron chi connectivity index (χ3n) is 2.70. The van der Waals surface area contributed by atoms with Gasteiger partial charge < -0.3 is 5.32 Å². The second-order valence-electron chi connectivity index (χ2n) is 4.60. The first-order valence-corrected chi connectivity index (χ1v) is 6.62. The summed E-state index contributed by atoms with van der Waals surface area (Å²) in [5.74, 6) is 0.724. The van der Waals surface area contributed by atoms with Crippen LogP contribution in [0.4, 0.5) is 0 Å². The molecule has 0 aromatic rings. The Morgan fingerprint density at radius 1 is 1.35 bits per heavy atom. The van der Waals surface area contributed by atoms with E-state index in [4.69, 9.17) is 0 Å². The summed E-state index contributed by atoms with van der Waals surface area (Å²) in [4.78, 5) is 3.93. The zero-order valence-electron chi connectivity index (χ0n) is 11.9. The van der Waals surface area contributed by atoms with Crippen molar-refractivity contribution in [3.05, 3.63) is 23.8 Å². The van der Waals surface area contributed by atoms with Crippen molar-refractivity contribution in [1.82, 2.24) is 5.32 Å². The third kappa shape index (κ3) is 11.4. The number of nitrogens with zero attached hydrogens (tertiary/aromatic N) is 1. The van der Waals surface area contributed by atoms with Crippen LogP contribution < -0.4 is 5.32 Å². The van der Waals surface area contributed by atoms with Crippen LogP contribution in [0.25, 0.3) is 0 Å². The van der Waals surface area contributed by atoms with Gasteiger partial charge in [0.15, 0.2) is 0 Å². The molecule has 2 nitrogen and oxygen atoms in total. The molecule has 98 valence electrons. The monoisotopic (exact) mass is 236 g/mol. The van der Waals surface area contributed by atoms with E-state index in [9.17, 15) is 0 Å². The normalized spacial score (nSPS) is 14.9. The smallest absolute Gasteiger partial charge is 0.0277 e. The predicted octanol–water partition coefficient (Wildman–Crippen LogP) is 3.61. The molecule has 0 rings (SSSR count). The minimum atomic E-state index is 0.724. The van der Waals surface area contributed by atoms with Gasteiger partial charge in [-0.3, -0.25) is 4.99 Å². The quantitative estimate of drug-likeness (QED) is 0.369. The Bertz CT molecular complexity index is 252. The SMILES string of the molecule is C/C=C\C(C)CCCCNC/C(C)=C/C=N\C. The van der Waals surface area contributed by atoms with Crippen LogP contribution >= 0.6 is 0 Å². The lowest BCUT2D eigenvalue weighted by Crippen LogP contribution is -2.17. The fourth-order valence-electron chi connectivity index (χ4n) is 1.69. The molecule has 0 heterocycles. The molecule has 0 spiro atoms. The molecular formula is C15H28N2. The summed E-state index contributed by atoms with van der Waals surface area (Å²) in [6.45, 7) is 8.58. The summed E-state index contributed by atoms with van der Waals surface area (Å²) < 4.78 is 0. The maximum atomic E-state index is 3.93. The molecule has 0 aliphatic rings. The first kappa shape index (κ1) is 16.1. The summed E-state index contributed by atoms with van der Waals surface area (Å²) >= 11 is 0. The fraction of sp³-hybridized carbons (Fsp3) is 0.667. The summed E-state index contributed by atoms with van der Waals surface area (Å²) in [7, 11) is 1.79. The van der Waals surface area contributed by atoms with Crippen molar-refractivity contribution in [2.45, 2.75) is 40.0 Å². The summed E-state index contributed by atoms with van der Waals surface area (Å²) in [6, 6.07) is 0. The van der Waals surface area contributed by atoms with Crippen LogP contribution in [-0.2, 0) is 0 Å². The van der Waals surface area contributed by atoms with Crippen LogP contribution in [0, 0.1) is 5.92 Å². The summed E-state index contributed by atoms with van der Waals surface area (Å²) in [5, 5.41) is 3.45. The van der Waals surface area contributed by atoms with Crippen molar-refractivity contribution in [2.75, 3.05) is 20.1 Å². The maximum absolute atomic E-state index is 3.93. The highest BCUT2D eigenvalue weighted by molar-refractivity contribution is 5.71. The number of hydrogen-bond donors (Lipinski definition) is 1. The maximum Gasteiger partial charge on any atom is 0.0277 e. The Morgan fingerprint density at radius 3 is 2.76 bits per heavy atom. The molecule has 0 saturated heterocycles. The van der Waals surface area contributed by atoms with Crippen molar-refractivity contribution in [1.29, 1.82) is 0 Å². The van der Waals surface area contributed by atoms with E-state index in [-0.39, 0.29) is 0 Å².